The van der Waals surface area contributed by atoms with Crippen molar-refractivity contribution in [2.45, 2.75) is 41.2 Å². The largest absolute Gasteiger partial charge is 0.384 e. The van der Waals surface area contributed by atoms with Crippen LogP contribution in [0.1, 0.15) is 33.8 Å². The second-order valence-electron chi connectivity index (χ2n) is 16.0. The number of nitrogens with zero attached hydrogens (tertiary/aromatic N) is 11. The summed E-state index contributed by atoms with van der Waals surface area (Å²) in [6, 6.07) is 25.0. The predicted molar refractivity (Wildman–Crippen MR) is 269 cm³/mol. The molecule has 0 aliphatic carbocycles. The molecule has 2 saturated heterocycles. The van der Waals surface area contributed by atoms with E-state index in [1.807, 2.05) is 99.0 Å². The number of nitrogen functional groups attached to an aromatic ring is 2. The summed E-state index contributed by atoms with van der Waals surface area (Å²) in [4.78, 5) is 45.1. The van der Waals surface area contributed by atoms with Crippen LogP contribution in [0.2, 0.25) is 15.2 Å². The van der Waals surface area contributed by atoms with Gasteiger partial charge in [-0.05, 0) is 119 Å². The first-order valence-electron chi connectivity index (χ1n) is 21.4. The van der Waals surface area contributed by atoms with Crippen molar-refractivity contribution >= 4 is 103 Å². The molecule has 0 unspecified atom stereocenters. The Morgan fingerprint density at radius 3 is 1.70 bits per heavy atom. The number of halogens is 4. The van der Waals surface area contributed by atoms with Gasteiger partial charge in [0.2, 0.25) is 11.8 Å². The highest BCUT2D eigenvalue weighted by Crippen LogP contribution is 2.26. The number of fused-ring (bicyclic) bond motifs is 2. The predicted octanol–water partition coefficient (Wildman–Crippen LogP) is 7.93. The summed E-state index contributed by atoms with van der Waals surface area (Å²) in [6.07, 6.45) is 0. The van der Waals surface area contributed by atoms with E-state index in [0.717, 1.165) is 99.7 Å². The number of carbonyl (C=O) groups excluding carboxylic acids is 2. The van der Waals surface area contributed by atoms with E-state index < -0.39 is 0 Å². The van der Waals surface area contributed by atoms with Crippen molar-refractivity contribution in [1.29, 1.82) is 5.26 Å². The zero-order chi connectivity index (χ0) is 48.4. The molecule has 5 N–H and O–H groups in total. The molecule has 350 valence electrons. The molecule has 9 rings (SSSR count). The molecule has 2 fully saturated rings. The fraction of sp³-hybridized carbons (Fsp3) is 0.319. The number of piperazine rings is 2. The first-order chi connectivity index (χ1) is 32.0. The molecule has 2 amide bonds. The topological polar surface area (TPSA) is 208 Å². The molecule has 2 aliphatic rings. The Hall–Kier alpha value is -6.38. The smallest absolute Gasteiger partial charge is 0.244 e. The Kier molecular flexibility index (Phi) is 17.1. The number of H-pyrrole nitrogens is 1. The summed E-state index contributed by atoms with van der Waals surface area (Å²) in [5, 5.41) is 22.8. The Balaban J connectivity index is 0.000000162. The van der Waals surface area contributed by atoms with E-state index in [2.05, 4.69) is 52.2 Å². The number of aromatic nitrogens is 7. The fourth-order valence-electron chi connectivity index (χ4n) is 7.29. The number of aromatic amines is 1. The first-order valence-corrected chi connectivity index (χ1v) is 23.1. The Morgan fingerprint density at radius 1 is 0.672 bits per heavy atom. The molecule has 2 aliphatic heterocycles. The number of hydrogen-bond acceptors (Lipinski definition) is 12. The second-order valence-corrected chi connectivity index (χ2v) is 17.4. The third-order valence-corrected chi connectivity index (χ3v) is 12.5. The van der Waals surface area contributed by atoms with Gasteiger partial charge >= 0.3 is 0 Å². The van der Waals surface area contributed by atoms with Gasteiger partial charge in [0.25, 0.3) is 0 Å². The van der Waals surface area contributed by atoms with Crippen molar-refractivity contribution in [1.82, 2.24) is 44.7 Å². The SMILES string of the molecule is Cc1cc(N2CCN(C(=O)CCl)CC2)ccc1Cl.Cc1ccc(C#N)c(Cl)n1.Cc1ccc2c(N)[nH]nc2n1.Cc1ccc2c(N)nn(CC(=O)N3CCN(c4ccc(Cl)c(C)c4)CC3)c2n1. The second kappa shape index (κ2) is 22.9. The van der Waals surface area contributed by atoms with Gasteiger partial charge in [-0.1, -0.05) is 34.8 Å². The number of aryl methyl sites for hydroxylation is 5. The monoisotopic (exact) mass is 984 g/mol. The number of nitriles is 1. The molecule has 7 aromatic rings. The molecule has 0 radical (unpaired) electrons. The van der Waals surface area contributed by atoms with E-state index in [1.165, 1.54) is 0 Å². The Morgan fingerprint density at radius 2 is 1.18 bits per heavy atom. The van der Waals surface area contributed by atoms with Gasteiger partial charge in [0.1, 0.15) is 29.5 Å². The quantitative estimate of drug-likeness (QED) is 0.111. The number of rotatable bonds is 5. The lowest BCUT2D eigenvalue weighted by atomic mass is 10.2. The minimum atomic E-state index is 0.0172. The summed E-state index contributed by atoms with van der Waals surface area (Å²) in [5.41, 5.74) is 20.4. The third-order valence-electron chi connectivity index (χ3n) is 11.1. The summed E-state index contributed by atoms with van der Waals surface area (Å²) >= 11 is 23.3. The van der Waals surface area contributed by atoms with Crippen molar-refractivity contribution in [3.05, 3.63) is 122 Å². The van der Waals surface area contributed by atoms with Crippen molar-refractivity contribution in [3.8, 4) is 6.07 Å². The minimum Gasteiger partial charge on any atom is -0.384 e. The van der Waals surface area contributed by atoms with E-state index in [1.54, 1.807) is 16.8 Å². The molecular weight excluding hydrogens is 934 g/mol. The van der Waals surface area contributed by atoms with Gasteiger partial charge in [0, 0.05) is 90.9 Å². The molecule has 16 nitrogen and oxygen atoms in total. The highest BCUT2D eigenvalue weighted by atomic mass is 35.5. The zero-order valence-corrected chi connectivity index (χ0v) is 40.9. The van der Waals surface area contributed by atoms with Gasteiger partial charge < -0.3 is 31.1 Å². The van der Waals surface area contributed by atoms with E-state index in [9.17, 15) is 9.59 Å². The lowest BCUT2D eigenvalue weighted by Crippen LogP contribution is -2.49. The number of benzene rings is 2. The maximum Gasteiger partial charge on any atom is 0.244 e. The van der Waals surface area contributed by atoms with E-state index in [4.69, 9.17) is 63.1 Å². The zero-order valence-electron chi connectivity index (χ0n) is 37.9. The van der Waals surface area contributed by atoms with Crippen LogP contribution in [0, 0.1) is 45.9 Å². The summed E-state index contributed by atoms with van der Waals surface area (Å²) in [6.45, 7) is 15.8. The average Bonchev–Trinajstić information content (AvgIpc) is 3.84. The standard InChI is InChI=1S/C20H23ClN6O.C13H16Cl2N2O.C7H5ClN2.C7H8N4/c1-13-11-15(4-6-17(13)21)25-7-9-26(10-8-25)18(28)12-27-20-16(19(22)24-27)5-3-14(2)23-20;1-10-8-11(2-3-12(10)15)16-4-6-17(7-5-16)13(18)9-14;1-5-2-3-6(4-9)7(8)10-5;1-4-2-3-5-6(8)10-11-7(5)9-4/h3-6,11H,7-10,12H2,1-2H3,(H2,22,24);2-3,8H,4-7,9H2,1H3;2-3H,1H3;2-3H,1H3,(H3,8,9,10,11). The fourth-order valence-corrected chi connectivity index (χ4v) is 7.94. The summed E-state index contributed by atoms with van der Waals surface area (Å²) in [7, 11) is 0. The van der Waals surface area contributed by atoms with Gasteiger partial charge in [-0.25, -0.2) is 19.6 Å². The van der Waals surface area contributed by atoms with Gasteiger partial charge in [-0.2, -0.15) is 15.5 Å². The number of alkyl halides is 1. The van der Waals surface area contributed by atoms with Crippen LogP contribution < -0.4 is 21.3 Å². The lowest BCUT2D eigenvalue weighted by Gasteiger charge is -2.36. The molecule has 0 atom stereocenters. The molecule has 7 heterocycles. The van der Waals surface area contributed by atoms with Crippen LogP contribution in [0.3, 0.4) is 0 Å². The van der Waals surface area contributed by atoms with Crippen molar-refractivity contribution in [2.75, 3.05) is 79.5 Å². The summed E-state index contributed by atoms with van der Waals surface area (Å²) in [5.74, 6) is 1.09. The van der Waals surface area contributed by atoms with Crippen LogP contribution in [-0.4, -0.2) is 115 Å². The number of amides is 2. The number of pyridine rings is 3. The first kappa shape index (κ1) is 50.0. The Labute approximate surface area is 409 Å². The lowest BCUT2D eigenvalue weighted by molar-refractivity contribution is -0.132. The number of hydrogen-bond donors (Lipinski definition) is 3. The van der Waals surface area contributed by atoms with Crippen LogP contribution in [0.25, 0.3) is 22.1 Å². The van der Waals surface area contributed by atoms with E-state index >= 15 is 0 Å². The summed E-state index contributed by atoms with van der Waals surface area (Å²) < 4.78 is 1.61. The molecule has 0 spiro atoms. The number of anilines is 4. The van der Waals surface area contributed by atoms with Crippen LogP contribution in [0.15, 0.2) is 72.8 Å². The van der Waals surface area contributed by atoms with Crippen LogP contribution in [0.5, 0.6) is 0 Å². The van der Waals surface area contributed by atoms with E-state index in [-0.39, 0.29) is 29.4 Å². The van der Waals surface area contributed by atoms with Crippen molar-refractivity contribution in [3.63, 3.8) is 0 Å². The van der Waals surface area contributed by atoms with Crippen molar-refractivity contribution < 1.29 is 9.59 Å². The number of nitrogens with one attached hydrogen (secondary N) is 1. The Bertz CT molecular complexity index is 2900. The van der Waals surface area contributed by atoms with Gasteiger partial charge in [-0.3, -0.25) is 14.7 Å². The van der Waals surface area contributed by atoms with E-state index in [0.29, 0.717) is 41.6 Å². The van der Waals surface area contributed by atoms with Crippen LogP contribution >= 0.6 is 46.4 Å². The maximum absolute atomic E-state index is 12.8. The molecule has 20 heteroatoms. The highest BCUT2D eigenvalue weighted by molar-refractivity contribution is 6.32. The highest BCUT2D eigenvalue weighted by Gasteiger charge is 2.24. The number of nitrogens with two attached hydrogens (primary N) is 2. The van der Waals surface area contributed by atoms with Gasteiger partial charge in [0.05, 0.1) is 16.3 Å². The molecule has 5 aromatic heterocycles. The normalized spacial score (nSPS) is 13.5. The molecule has 0 saturated carbocycles. The molecule has 67 heavy (non-hydrogen) atoms. The average molecular weight is 987 g/mol. The molecule has 0 bridgehead atoms. The molecular formula is C47H52Cl4N14O2. The van der Waals surface area contributed by atoms with Crippen LogP contribution in [0.4, 0.5) is 23.0 Å². The molecule has 2 aromatic carbocycles. The number of carbonyl (C=O) groups is 2. The van der Waals surface area contributed by atoms with Crippen LogP contribution in [-0.2, 0) is 16.1 Å². The minimum absolute atomic E-state index is 0.0172. The van der Waals surface area contributed by atoms with Gasteiger partial charge in [0.15, 0.2) is 17.1 Å². The third kappa shape index (κ3) is 13.0. The van der Waals surface area contributed by atoms with Crippen molar-refractivity contribution in [2.24, 2.45) is 0 Å². The maximum atomic E-state index is 12.8. The van der Waals surface area contributed by atoms with Gasteiger partial charge in [-0.15, -0.1) is 11.6 Å².